The molecule has 5 heteroatoms. The van der Waals surface area contributed by atoms with Crippen molar-refractivity contribution < 1.29 is 19.4 Å². The molecule has 0 aromatic rings. The van der Waals surface area contributed by atoms with Gasteiger partial charge in [-0.25, -0.2) is 9.59 Å². The molecular weight excluding hydrogens is 186 g/mol. The largest absolute Gasteiger partial charge is 0.477 e. The summed E-state index contributed by atoms with van der Waals surface area (Å²) in [6.07, 6.45) is 0.514. The van der Waals surface area contributed by atoms with E-state index in [0.717, 1.165) is 0 Å². The molecule has 0 unspecified atom stereocenters. The number of carboxylic acids is 1. The molecular formula is C9H15NO4. The summed E-state index contributed by atoms with van der Waals surface area (Å²) in [7, 11) is 0. The Bertz CT molecular complexity index is 262. The van der Waals surface area contributed by atoms with Crippen LogP contribution in [0.5, 0.6) is 0 Å². The van der Waals surface area contributed by atoms with Gasteiger partial charge in [0.1, 0.15) is 11.3 Å². The van der Waals surface area contributed by atoms with Crippen molar-refractivity contribution in [2.45, 2.75) is 33.3 Å². The molecule has 0 aromatic heterocycles. The van der Waals surface area contributed by atoms with E-state index in [1.54, 1.807) is 20.8 Å². The molecule has 0 spiro atoms. The van der Waals surface area contributed by atoms with E-state index >= 15 is 0 Å². The molecule has 0 bridgehead atoms. The van der Waals surface area contributed by atoms with Crippen LogP contribution in [0, 0.1) is 0 Å². The Balaban J connectivity index is 4.26. The molecule has 0 aliphatic carbocycles. The molecule has 5 nitrogen and oxygen atoms in total. The van der Waals surface area contributed by atoms with Crippen LogP contribution >= 0.6 is 0 Å². The SMILES string of the molecule is CC=C(NC(=O)OC(C)(C)C)C(=O)O. The van der Waals surface area contributed by atoms with Crippen LogP contribution in [0.1, 0.15) is 27.7 Å². The highest BCUT2D eigenvalue weighted by molar-refractivity contribution is 5.90. The number of hydrogen-bond acceptors (Lipinski definition) is 3. The summed E-state index contributed by atoms with van der Waals surface area (Å²) in [5, 5.41) is 10.7. The van der Waals surface area contributed by atoms with Crippen molar-refractivity contribution in [2.75, 3.05) is 0 Å². The fourth-order valence-electron chi connectivity index (χ4n) is 0.663. The van der Waals surface area contributed by atoms with Crippen LogP contribution in [0.4, 0.5) is 4.79 Å². The number of carbonyl (C=O) groups excluding carboxylic acids is 1. The van der Waals surface area contributed by atoms with Gasteiger partial charge in [0, 0.05) is 0 Å². The Labute approximate surface area is 82.7 Å². The van der Waals surface area contributed by atoms with Gasteiger partial charge in [0.05, 0.1) is 0 Å². The zero-order valence-corrected chi connectivity index (χ0v) is 8.75. The van der Waals surface area contributed by atoms with E-state index in [1.165, 1.54) is 13.0 Å². The third kappa shape index (κ3) is 5.18. The molecule has 1 amide bonds. The highest BCUT2D eigenvalue weighted by atomic mass is 16.6. The smallest absolute Gasteiger partial charge is 0.412 e. The molecule has 0 aliphatic heterocycles. The van der Waals surface area contributed by atoms with Crippen LogP contribution in [-0.2, 0) is 9.53 Å². The monoisotopic (exact) mass is 201 g/mol. The molecule has 14 heavy (non-hydrogen) atoms. The Morgan fingerprint density at radius 3 is 2.14 bits per heavy atom. The molecule has 0 rings (SSSR count). The zero-order chi connectivity index (χ0) is 11.4. The lowest BCUT2D eigenvalue weighted by atomic mass is 10.2. The fourth-order valence-corrected chi connectivity index (χ4v) is 0.663. The quantitative estimate of drug-likeness (QED) is 0.664. The molecule has 80 valence electrons. The summed E-state index contributed by atoms with van der Waals surface area (Å²) < 4.78 is 4.87. The minimum absolute atomic E-state index is 0.195. The van der Waals surface area contributed by atoms with E-state index in [-0.39, 0.29) is 5.70 Å². The number of amides is 1. The summed E-state index contributed by atoms with van der Waals surface area (Å²) in [5.74, 6) is -1.20. The average molecular weight is 201 g/mol. The first kappa shape index (κ1) is 12.5. The van der Waals surface area contributed by atoms with E-state index in [0.29, 0.717) is 0 Å². The van der Waals surface area contributed by atoms with Gasteiger partial charge in [-0.15, -0.1) is 0 Å². The first-order valence-corrected chi connectivity index (χ1v) is 4.16. The number of hydrogen-bond donors (Lipinski definition) is 2. The molecule has 2 N–H and O–H groups in total. The van der Waals surface area contributed by atoms with Crippen LogP contribution in [0.2, 0.25) is 0 Å². The predicted octanol–water partition coefficient (Wildman–Crippen LogP) is 1.50. The van der Waals surface area contributed by atoms with Gasteiger partial charge in [0.2, 0.25) is 0 Å². The van der Waals surface area contributed by atoms with Crippen molar-refractivity contribution in [2.24, 2.45) is 0 Å². The summed E-state index contributed by atoms with van der Waals surface area (Å²) in [5.41, 5.74) is -0.833. The third-order valence-electron chi connectivity index (χ3n) is 1.15. The number of alkyl carbamates (subject to hydrolysis) is 1. The van der Waals surface area contributed by atoms with Gasteiger partial charge in [0.15, 0.2) is 0 Å². The maximum absolute atomic E-state index is 11.1. The van der Waals surface area contributed by atoms with Crippen LogP contribution in [0.3, 0.4) is 0 Å². The molecule has 0 radical (unpaired) electrons. The first-order valence-electron chi connectivity index (χ1n) is 4.16. The molecule has 0 saturated heterocycles. The Kier molecular flexibility index (Phi) is 4.14. The van der Waals surface area contributed by atoms with Crippen molar-refractivity contribution in [3.63, 3.8) is 0 Å². The van der Waals surface area contributed by atoms with E-state index in [2.05, 4.69) is 5.32 Å². The maximum atomic E-state index is 11.1. The van der Waals surface area contributed by atoms with Gasteiger partial charge in [-0.1, -0.05) is 6.08 Å². The van der Waals surface area contributed by atoms with E-state index in [9.17, 15) is 9.59 Å². The molecule has 0 aromatic carbocycles. The molecule has 0 aliphatic rings. The lowest BCUT2D eigenvalue weighted by molar-refractivity contribution is -0.133. The Hall–Kier alpha value is -1.52. The van der Waals surface area contributed by atoms with Crippen molar-refractivity contribution in [1.82, 2.24) is 5.32 Å². The van der Waals surface area contributed by atoms with E-state index in [4.69, 9.17) is 9.84 Å². The predicted molar refractivity (Wildman–Crippen MR) is 50.8 cm³/mol. The van der Waals surface area contributed by atoms with Crippen molar-refractivity contribution in [3.8, 4) is 0 Å². The van der Waals surface area contributed by atoms with Gasteiger partial charge >= 0.3 is 12.1 Å². The molecule has 0 atom stereocenters. The minimum Gasteiger partial charge on any atom is -0.477 e. The number of rotatable bonds is 2. The van der Waals surface area contributed by atoms with E-state index < -0.39 is 17.7 Å². The first-order chi connectivity index (χ1) is 6.26. The number of allylic oxidation sites excluding steroid dienone is 1. The molecule has 0 fully saturated rings. The summed E-state index contributed by atoms with van der Waals surface area (Å²) in [6, 6.07) is 0. The number of ether oxygens (including phenoxy) is 1. The van der Waals surface area contributed by atoms with Gasteiger partial charge < -0.3 is 9.84 Å². The van der Waals surface area contributed by atoms with Gasteiger partial charge in [0.25, 0.3) is 0 Å². The van der Waals surface area contributed by atoms with Crippen LogP contribution in [-0.4, -0.2) is 22.8 Å². The number of carboxylic acid groups (broad SMARTS) is 1. The second-order valence-electron chi connectivity index (χ2n) is 3.63. The van der Waals surface area contributed by atoms with Crippen LogP contribution < -0.4 is 5.32 Å². The highest BCUT2D eigenvalue weighted by Crippen LogP contribution is 2.07. The number of nitrogens with one attached hydrogen (secondary N) is 1. The fraction of sp³-hybridized carbons (Fsp3) is 0.556. The normalized spacial score (nSPS) is 12.1. The van der Waals surface area contributed by atoms with Gasteiger partial charge in [-0.2, -0.15) is 0 Å². The lowest BCUT2D eigenvalue weighted by Gasteiger charge is -2.19. The third-order valence-corrected chi connectivity index (χ3v) is 1.15. The second-order valence-corrected chi connectivity index (χ2v) is 3.63. The standard InChI is InChI=1S/C9H15NO4/c1-5-6(7(11)12)10-8(13)14-9(2,3)4/h5H,1-4H3,(H,10,13)(H,11,12). The highest BCUT2D eigenvalue weighted by Gasteiger charge is 2.18. The minimum atomic E-state index is -1.20. The van der Waals surface area contributed by atoms with Crippen molar-refractivity contribution >= 4 is 12.1 Å². The lowest BCUT2D eigenvalue weighted by Crippen LogP contribution is -2.34. The van der Waals surface area contributed by atoms with Crippen molar-refractivity contribution in [1.29, 1.82) is 0 Å². The molecule has 0 saturated carbocycles. The van der Waals surface area contributed by atoms with Gasteiger partial charge in [-0.05, 0) is 27.7 Å². The Morgan fingerprint density at radius 2 is 1.86 bits per heavy atom. The van der Waals surface area contributed by atoms with Crippen molar-refractivity contribution in [3.05, 3.63) is 11.8 Å². The molecule has 0 heterocycles. The topological polar surface area (TPSA) is 75.6 Å². The second kappa shape index (κ2) is 4.64. The zero-order valence-electron chi connectivity index (χ0n) is 8.75. The number of carbonyl (C=O) groups is 2. The maximum Gasteiger partial charge on any atom is 0.412 e. The van der Waals surface area contributed by atoms with Crippen LogP contribution in [0.25, 0.3) is 0 Å². The summed E-state index contributed by atoms with van der Waals surface area (Å²) in [4.78, 5) is 21.6. The Morgan fingerprint density at radius 1 is 1.36 bits per heavy atom. The van der Waals surface area contributed by atoms with Gasteiger partial charge in [-0.3, -0.25) is 5.32 Å². The average Bonchev–Trinajstić information content (AvgIpc) is 1.96. The summed E-state index contributed by atoms with van der Waals surface area (Å²) in [6.45, 7) is 6.61. The number of aliphatic carboxylic acids is 1. The summed E-state index contributed by atoms with van der Waals surface area (Å²) >= 11 is 0. The van der Waals surface area contributed by atoms with E-state index in [1.807, 2.05) is 0 Å². The van der Waals surface area contributed by atoms with Crippen LogP contribution in [0.15, 0.2) is 11.8 Å².